The number of nitrogens with one attached hydrogen (secondary N) is 1. The van der Waals surface area contributed by atoms with E-state index in [0.29, 0.717) is 10.0 Å². The van der Waals surface area contributed by atoms with Crippen LogP contribution in [-0.4, -0.2) is 11.2 Å². The van der Waals surface area contributed by atoms with Gasteiger partial charge in [-0.25, -0.2) is 9.18 Å². The Morgan fingerprint density at radius 3 is 2.69 bits per heavy atom. The molecule has 0 radical (unpaired) electrons. The molecule has 70 valence electrons. The molecule has 0 saturated heterocycles. The lowest BCUT2D eigenvalue weighted by Gasteiger charge is -2.04. The summed E-state index contributed by atoms with van der Waals surface area (Å²) in [6.07, 6.45) is -1.21. The zero-order valence-corrected chi connectivity index (χ0v) is 8.35. The predicted octanol–water partition coefficient (Wildman–Crippen LogP) is 2.99. The Balaban J connectivity index is 3.06. The Kier molecular flexibility index (Phi) is 2.87. The van der Waals surface area contributed by atoms with E-state index in [1.165, 1.54) is 0 Å². The molecule has 0 aliphatic carbocycles. The summed E-state index contributed by atoms with van der Waals surface area (Å²) in [4.78, 5) is 10.2. The highest BCUT2D eigenvalue weighted by molar-refractivity contribution is 9.10. The van der Waals surface area contributed by atoms with Crippen LogP contribution >= 0.6 is 15.9 Å². The summed E-state index contributed by atoms with van der Waals surface area (Å²) in [6.45, 7) is 1.68. The molecule has 2 N–H and O–H groups in total. The van der Waals surface area contributed by atoms with Crippen molar-refractivity contribution in [3.8, 4) is 0 Å². The Hall–Kier alpha value is -1.10. The van der Waals surface area contributed by atoms with Gasteiger partial charge in [0.1, 0.15) is 5.82 Å². The molecule has 0 heterocycles. The molecule has 0 aromatic heterocycles. The van der Waals surface area contributed by atoms with Crippen molar-refractivity contribution in [2.24, 2.45) is 0 Å². The van der Waals surface area contributed by atoms with Gasteiger partial charge in [-0.05, 0) is 40.5 Å². The Bertz CT molecular complexity index is 331. The molecule has 3 nitrogen and oxygen atoms in total. The van der Waals surface area contributed by atoms with Crippen LogP contribution in [0.25, 0.3) is 0 Å². The van der Waals surface area contributed by atoms with Gasteiger partial charge in [-0.3, -0.25) is 5.32 Å². The molecule has 1 amide bonds. The van der Waals surface area contributed by atoms with Gasteiger partial charge in [-0.15, -0.1) is 0 Å². The van der Waals surface area contributed by atoms with Crippen LogP contribution in [0.1, 0.15) is 5.56 Å². The number of hydrogen-bond donors (Lipinski definition) is 2. The molecule has 0 bridgehead atoms. The van der Waals surface area contributed by atoms with Crippen molar-refractivity contribution in [1.82, 2.24) is 0 Å². The molecule has 0 aliphatic rings. The number of anilines is 1. The van der Waals surface area contributed by atoms with E-state index >= 15 is 0 Å². The fraction of sp³-hybridized carbons (Fsp3) is 0.125. The second-order valence-corrected chi connectivity index (χ2v) is 3.31. The van der Waals surface area contributed by atoms with Gasteiger partial charge >= 0.3 is 6.09 Å². The monoisotopic (exact) mass is 247 g/mol. The van der Waals surface area contributed by atoms with Crippen molar-refractivity contribution in [1.29, 1.82) is 0 Å². The molecular weight excluding hydrogens is 241 g/mol. The topological polar surface area (TPSA) is 49.3 Å². The van der Waals surface area contributed by atoms with Gasteiger partial charge in [-0.2, -0.15) is 0 Å². The van der Waals surface area contributed by atoms with Gasteiger partial charge in [-0.1, -0.05) is 0 Å². The minimum absolute atomic E-state index is 0.228. The summed E-state index contributed by atoms with van der Waals surface area (Å²) in [5.41, 5.74) is 0.870. The molecule has 0 saturated carbocycles. The Morgan fingerprint density at radius 2 is 2.23 bits per heavy atom. The summed E-state index contributed by atoms with van der Waals surface area (Å²) in [5.74, 6) is -0.483. The number of carbonyl (C=O) groups is 1. The first kappa shape index (κ1) is 9.98. The fourth-order valence-electron chi connectivity index (χ4n) is 0.922. The van der Waals surface area contributed by atoms with Crippen LogP contribution in [0.5, 0.6) is 0 Å². The number of hydrogen-bond acceptors (Lipinski definition) is 1. The van der Waals surface area contributed by atoms with Crippen molar-refractivity contribution < 1.29 is 14.3 Å². The zero-order valence-electron chi connectivity index (χ0n) is 6.77. The number of halogens is 2. The number of amides is 1. The first-order valence-electron chi connectivity index (χ1n) is 3.46. The minimum atomic E-state index is -1.21. The van der Waals surface area contributed by atoms with Crippen molar-refractivity contribution in [2.45, 2.75) is 6.92 Å². The van der Waals surface area contributed by atoms with Crippen LogP contribution in [0, 0.1) is 12.7 Å². The van der Waals surface area contributed by atoms with Crippen molar-refractivity contribution in [3.63, 3.8) is 0 Å². The largest absolute Gasteiger partial charge is 0.465 e. The maximum Gasteiger partial charge on any atom is 0.409 e. The van der Waals surface area contributed by atoms with Gasteiger partial charge in [0.15, 0.2) is 0 Å². The SMILES string of the molecule is Cc1cc(NC(=O)O)cc(F)c1Br. The second-order valence-electron chi connectivity index (χ2n) is 2.52. The van der Waals surface area contributed by atoms with E-state index in [9.17, 15) is 9.18 Å². The van der Waals surface area contributed by atoms with E-state index in [1.54, 1.807) is 13.0 Å². The molecule has 0 atom stereocenters. The molecule has 0 spiro atoms. The molecule has 1 aromatic carbocycles. The van der Waals surface area contributed by atoms with Gasteiger partial charge in [0.2, 0.25) is 0 Å². The molecule has 1 rings (SSSR count). The quantitative estimate of drug-likeness (QED) is 0.802. The van der Waals surface area contributed by atoms with E-state index in [-0.39, 0.29) is 5.69 Å². The summed E-state index contributed by atoms with van der Waals surface area (Å²) in [6, 6.07) is 2.66. The first-order chi connectivity index (χ1) is 6.00. The average Bonchev–Trinajstić information content (AvgIpc) is 1.98. The number of rotatable bonds is 1. The summed E-state index contributed by atoms with van der Waals surface area (Å²) < 4.78 is 13.4. The van der Waals surface area contributed by atoms with Crippen LogP contribution in [0.2, 0.25) is 0 Å². The molecular formula is C8H7BrFNO2. The molecule has 1 aromatic rings. The lowest BCUT2D eigenvalue weighted by molar-refractivity contribution is 0.210. The fourth-order valence-corrected chi connectivity index (χ4v) is 1.15. The number of aryl methyl sites for hydroxylation is 1. The molecule has 0 unspecified atom stereocenters. The third-order valence-electron chi connectivity index (χ3n) is 1.46. The highest BCUT2D eigenvalue weighted by atomic mass is 79.9. The normalized spacial score (nSPS) is 9.77. The third kappa shape index (κ3) is 2.42. The summed E-state index contributed by atoms with van der Waals surface area (Å²) in [5, 5.41) is 10.4. The molecule has 0 aliphatic heterocycles. The second kappa shape index (κ2) is 3.74. The van der Waals surface area contributed by atoms with E-state index < -0.39 is 11.9 Å². The van der Waals surface area contributed by atoms with E-state index in [4.69, 9.17) is 5.11 Å². The Labute approximate surface area is 82.7 Å². The van der Waals surface area contributed by atoms with Gasteiger partial charge < -0.3 is 5.11 Å². The molecule has 0 fully saturated rings. The van der Waals surface area contributed by atoms with E-state index in [1.807, 2.05) is 0 Å². The Morgan fingerprint density at radius 1 is 1.62 bits per heavy atom. The lowest BCUT2D eigenvalue weighted by atomic mass is 10.2. The zero-order chi connectivity index (χ0) is 10.0. The molecule has 13 heavy (non-hydrogen) atoms. The maximum atomic E-state index is 13.0. The summed E-state index contributed by atoms with van der Waals surface area (Å²) in [7, 11) is 0. The minimum Gasteiger partial charge on any atom is -0.465 e. The smallest absolute Gasteiger partial charge is 0.409 e. The van der Waals surface area contributed by atoms with Crippen molar-refractivity contribution in [3.05, 3.63) is 28.0 Å². The van der Waals surface area contributed by atoms with E-state index in [2.05, 4.69) is 21.2 Å². The van der Waals surface area contributed by atoms with Crippen molar-refractivity contribution in [2.75, 3.05) is 5.32 Å². The average molecular weight is 248 g/mol. The van der Waals surface area contributed by atoms with Crippen molar-refractivity contribution >= 4 is 27.7 Å². The van der Waals surface area contributed by atoms with Crippen LogP contribution in [0.4, 0.5) is 14.9 Å². The first-order valence-corrected chi connectivity index (χ1v) is 4.25. The van der Waals surface area contributed by atoms with Crippen LogP contribution in [-0.2, 0) is 0 Å². The summed E-state index contributed by atoms with van der Waals surface area (Å²) >= 11 is 3.03. The predicted molar refractivity (Wildman–Crippen MR) is 50.5 cm³/mol. The standard InChI is InChI=1S/C8H7BrFNO2/c1-4-2-5(11-8(12)13)3-6(10)7(4)9/h2-3,11H,1H3,(H,12,13). The highest BCUT2D eigenvalue weighted by Gasteiger charge is 2.06. The van der Waals surface area contributed by atoms with Crippen LogP contribution < -0.4 is 5.32 Å². The third-order valence-corrected chi connectivity index (χ3v) is 2.47. The van der Waals surface area contributed by atoms with Crippen LogP contribution in [0.15, 0.2) is 16.6 Å². The van der Waals surface area contributed by atoms with Crippen LogP contribution in [0.3, 0.4) is 0 Å². The molecule has 5 heteroatoms. The maximum absolute atomic E-state index is 13.0. The highest BCUT2D eigenvalue weighted by Crippen LogP contribution is 2.24. The van der Waals surface area contributed by atoms with Gasteiger partial charge in [0.25, 0.3) is 0 Å². The number of benzene rings is 1. The van der Waals surface area contributed by atoms with Gasteiger partial charge in [0, 0.05) is 5.69 Å². The van der Waals surface area contributed by atoms with Gasteiger partial charge in [0.05, 0.1) is 4.47 Å². The van der Waals surface area contributed by atoms with E-state index in [0.717, 1.165) is 6.07 Å². The number of carboxylic acid groups (broad SMARTS) is 1. The lowest BCUT2D eigenvalue weighted by Crippen LogP contribution is -2.07.